The number of rotatable bonds is 3. The van der Waals surface area contributed by atoms with Crippen LogP contribution in [0.3, 0.4) is 0 Å². The van der Waals surface area contributed by atoms with E-state index >= 15 is 0 Å². The van der Waals surface area contributed by atoms with Gasteiger partial charge >= 0.3 is 0 Å². The molecule has 0 saturated heterocycles. The summed E-state index contributed by atoms with van der Waals surface area (Å²) in [6.07, 6.45) is 7.45. The van der Waals surface area contributed by atoms with E-state index in [1.54, 1.807) is 0 Å². The molecular weight excluding hydrogens is 190 g/mol. The average molecular weight is 209 g/mol. The molecule has 4 bridgehead atoms. The first-order valence-corrected chi connectivity index (χ1v) is 6.07. The number of carbonyl (C=O) groups is 1. The van der Waals surface area contributed by atoms with Crippen molar-refractivity contribution in [1.82, 2.24) is 0 Å². The molecule has 4 rings (SSSR count). The minimum atomic E-state index is -0.0336. The predicted octanol–water partition coefficient (Wildman–Crippen LogP) is 1.66. The molecule has 2 N–H and O–H groups in total. The molecule has 0 aromatic rings. The highest BCUT2D eigenvalue weighted by atomic mass is 16.6. The Morgan fingerprint density at radius 3 is 2.00 bits per heavy atom. The zero-order chi connectivity index (χ0) is 10.5. The van der Waals surface area contributed by atoms with E-state index in [-0.39, 0.29) is 17.8 Å². The highest BCUT2D eigenvalue weighted by molar-refractivity contribution is 5.86. The van der Waals surface area contributed by atoms with Crippen molar-refractivity contribution in [2.24, 2.45) is 29.1 Å². The molecule has 0 heterocycles. The molecule has 3 heteroatoms. The van der Waals surface area contributed by atoms with Crippen LogP contribution in [0.4, 0.5) is 0 Å². The summed E-state index contributed by atoms with van der Waals surface area (Å²) in [6.45, 7) is 0.117. The van der Waals surface area contributed by atoms with Crippen molar-refractivity contribution in [1.29, 1.82) is 0 Å². The minimum Gasteiger partial charge on any atom is -0.297 e. The Balaban J connectivity index is 1.83. The van der Waals surface area contributed by atoms with Gasteiger partial charge in [-0.2, -0.15) is 0 Å². The van der Waals surface area contributed by atoms with Gasteiger partial charge in [-0.3, -0.25) is 9.63 Å². The molecule has 0 atom stereocenters. The van der Waals surface area contributed by atoms with Crippen LogP contribution in [0.1, 0.15) is 38.5 Å². The molecule has 0 radical (unpaired) electrons. The lowest BCUT2D eigenvalue weighted by atomic mass is 9.48. The minimum absolute atomic E-state index is 0.0336. The van der Waals surface area contributed by atoms with Crippen molar-refractivity contribution < 1.29 is 9.63 Å². The van der Waals surface area contributed by atoms with Gasteiger partial charge in [-0.15, -0.1) is 0 Å². The Morgan fingerprint density at radius 1 is 1.13 bits per heavy atom. The molecule has 84 valence electrons. The number of carbonyl (C=O) groups excluding carboxylic acids is 1. The van der Waals surface area contributed by atoms with Crippen LogP contribution in [0.15, 0.2) is 0 Å². The maximum atomic E-state index is 12.1. The van der Waals surface area contributed by atoms with Crippen LogP contribution in [-0.2, 0) is 9.63 Å². The SMILES string of the molecule is NOCC(=O)C12CC3CC(CC(C3)C1)C2. The van der Waals surface area contributed by atoms with Gasteiger partial charge in [0, 0.05) is 5.41 Å². The van der Waals surface area contributed by atoms with Crippen LogP contribution in [0.5, 0.6) is 0 Å². The fourth-order valence-electron chi connectivity index (χ4n) is 4.68. The molecule has 4 fully saturated rings. The van der Waals surface area contributed by atoms with E-state index in [1.165, 1.54) is 19.3 Å². The zero-order valence-electron chi connectivity index (χ0n) is 9.08. The summed E-state index contributed by atoms with van der Waals surface area (Å²) < 4.78 is 0. The van der Waals surface area contributed by atoms with Crippen LogP contribution in [0, 0.1) is 23.2 Å². The first-order chi connectivity index (χ1) is 7.22. The summed E-state index contributed by atoms with van der Waals surface area (Å²) in [4.78, 5) is 16.6. The maximum absolute atomic E-state index is 12.1. The Hall–Kier alpha value is -0.410. The fraction of sp³-hybridized carbons (Fsp3) is 0.917. The third kappa shape index (κ3) is 1.44. The monoisotopic (exact) mass is 209 g/mol. The normalized spacial score (nSPS) is 47.1. The Labute approximate surface area is 90.3 Å². The molecular formula is C12H19NO2. The highest BCUT2D eigenvalue weighted by Gasteiger charge is 2.54. The van der Waals surface area contributed by atoms with Crippen LogP contribution in [0.25, 0.3) is 0 Å². The van der Waals surface area contributed by atoms with Gasteiger partial charge in [0.1, 0.15) is 6.61 Å². The van der Waals surface area contributed by atoms with Crippen LogP contribution >= 0.6 is 0 Å². The van der Waals surface area contributed by atoms with Gasteiger partial charge in [-0.25, -0.2) is 5.90 Å². The third-order valence-corrected chi connectivity index (χ3v) is 4.84. The van der Waals surface area contributed by atoms with Gasteiger partial charge in [-0.1, -0.05) is 0 Å². The molecule has 0 aromatic heterocycles. The van der Waals surface area contributed by atoms with Crippen LogP contribution in [-0.4, -0.2) is 12.4 Å². The van der Waals surface area contributed by atoms with E-state index in [9.17, 15) is 4.79 Å². The summed E-state index contributed by atoms with van der Waals surface area (Å²) in [5.74, 6) is 7.75. The van der Waals surface area contributed by atoms with E-state index in [0.717, 1.165) is 37.0 Å². The van der Waals surface area contributed by atoms with Gasteiger partial charge in [0.15, 0.2) is 5.78 Å². The molecule has 0 aromatic carbocycles. The lowest BCUT2D eigenvalue weighted by molar-refractivity contribution is -0.148. The van der Waals surface area contributed by atoms with Crippen LogP contribution < -0.4 is 5.90 Å². The second-order valence-electron chi connectivity index (χ2n) is 5.93. The smallest absolute Gasteiger partial charge is 0.166 e. The van der Waals surface area contributed by atoms with Crippen molar-refractivity contribution in [2.45, 2.75) is 38.5 Å². The van der Waals surface area contributed by atoms with Gasteiger partial charge in [-0.05, 0) is 56.3 Å². The summed E-state index contributed by atoms with van der Waals surface area (Å²) >= 11 is 0. The Bertz CT molecular complexity index is 252. The molecule has 15 heavy (non-hydrogen) atoms. The average Bonchev–Trinajstić information content (AvgIpc) is 2.15. The van der Waals surface area contributed by atoms with E-state index in [2.05, 4.69) is 4.84 Å². The molecule has 3 nitrogen and oxygen atoms in total. The molecule has 0 unspecified atom stereocenters. The summed E-state index contributed by atoms with van der Waals surface area (Å²) in [7, 11) is 0. The topological polar surface area (TPSA) is 52.3 Å². The van der Waals surface area contributed by atoms with Gasteiger partial charge in [0.05, 0.1) is 0 Å². The zero-order valence-corrected chi connectivity index (χ0v) is 9.08. The third-order valence-electron chi connectivity index (χ3n) is 4.84. The molecule has 0 aliphatic heterocycles. The molecule has 0 spiro atoms. The van der Waals surface area contributed by atoms with Crippen molar-refractivity contribution >= 4 is 5.78 Å². The number of hydrogen-bond donors (Lipinski definition) is 1. The predicted molar refractivity (Wildman–Crippen MR) is 55.8 cm³/mol. The lowest BCUT2D eigenvalue weighted by Gasteiger charge is -2.55. The summed E-state index contributed by atoms with van der Waals surface area (Å²) in [5.41, 5.74) is -0.0336. The van der Waals surface area contributed by atoms with E-state index in [1.807, 2.05) is 0 Å². The Morgan fingerprint density at radius 2 is 1.60 bits per heavy atom. The standard InChI is InChI=1S/C12H19NO2/c13-15-7-11(14)12-4-8-1-9(5-12)3-10(2-8)6-12/h8-10H,1-7,13H2. The van der Waals surface area contributed by atoms with E-state index < -0.39 is 0 Å². The fourth-order valence-corrected chi connectivity index (χ4v) is 4.68. The quantitative estimate of drug-likeness (QED) is 0.719. The van der Waals surface area contributed by atoms with Crippen molar-refractivity contribution in [3.63, 3.8) is 0 Å². The number of nitrogens with two attached hydrogens (primary N) is 1. The van der Waals surface area contributed by atoms with Crippen LogP contribution in [0.2, 0.25) is 0 Å². The molecule has 4 saturated carbocycles. The second kappa shape index (κ2) is 3.29. The molecule has 4 aliphatic rings. The second-order valence-corrected chi connectivity index (χ2v) is 5.93. The van der Waals surface area contributed by atoms with E-state index in [4.69, 9.17) is 5.90 Å². The summed E-state index contributed by atoms with van der Waals surface area (Å²) in [6, 6.07) is 0. The number of hydrogen-bond acceptors (Lipinski definition) is 3. The van der Waals surface area contributed by atoms with Crippen molar-refractivity contribution in [3.8, 4) is 0 Å². The summed E-state index contributed by atoms with van der Waals surface area (Å²) in [5, 5.41) is 0. The van der Waals surface area contributed by atoms with Crippen molar-refractivity contribution in [2.75, 3.05) is 6.61 Å². The van der Waals surface area contributed by atoms with Gasteiger partial charge in [0.2, 0.25) is 0 Å². The Kier molecular flexibility index (Phi) is 2.15. The van der Waals surface area contributed by atoms with E-state index in [0.29, 0.717) is 0 Å². The molecule has 0 amide bonds. The largest absolute Gasteiger partial charge is 0.297 e. The first kappa shape index (κ1) is 9.79. The highest BCUT2D eigenvalue weighted by Crippen LogP contribution is 2.60. The lowest BCUT2D eigenvalue weighted by Crippen LogP contribution is -2.51. The number of Topliss-reactive ketones (excluding diaryl/α,β-unsaturated/α-hetero) is 1. The first-order valence-electron chi connectivity index (χ1n) is 6.07. The molecule has 4 aliphatic carbocycles. The maximum Gasteiger partial charge on any atom is 0.166 e. The number of ketones is 1. The van der Waals surface area contributed by atoms with Gasteiger partial charge < -0.3 is 0 Å². The van der Waals surface area contributed by atoms with Gasteiger partial charge in [0.25, 0.3) is 0 Å². The van der Waals surface area contributed by atoms with Crippen molar-refractivity contribution in [3.05, 3.63) is 0 Å².